The lowest BCUT2D eigenvalue weighted by Gasteiger charge is -2.36. The zero-order valence-electron chi connectivity index (χ0n) is 11.7. The molecule has 1 heteroatoms. The Morgan fingerprint density at radius 1 is 1.00 bits per heavy atom. The molecule has 0 N–H and O–H groups in total. The van der Waals surface area contributed by atoms with Gasteiger partial charge in [0, 0.05) is 0 Å². The smallest absolute Gasteiger partial charge is 0.00693 e. The molecule has 0 aliphatic rings. The highest BCUT2D eigenvalue weighted by molar-refractivity contribution is 7.80. The lowest BCUT2D eigenvalue weighted by atomic mass is 9.70. The van der Waals surface area contributed by atoms with E-state index in [0.29, 0.717) is 10.8 Å². The van der Waals surface area contributed by atoms with Crippen molar-refractivity contribution in [3.05, 3.63) is 0 Å². The maximum atomic E-state index is 4.45. The first-order valence-electron chi connectivity index (χ1n) is 6.19. The molecule has 0 saturated carbocycles. The standard InChI is InChI=1S/C14H30S/c1-11(10-15)12(14(5,6)7)8-9-13(2,3)4/h11-12,15H,8-10H2,1-7H3. The van der Waals surface area contributed by atoms with Crippen LogP contribution < -0.4 is 0 Å². The summed E-state index contributed by atoms with van der Waals surface area (Å²) in [5.41, 5.74) is 0.868. The second kappa shape index (κ2) is 5.61. The van der Waals surface area contributed by atoms with E-state index in [0.717, 1.165) is 17.6 Å². The first-order valence-corrected chi connectivity index (χ1v) is 6.82. The molecule has 0 aromatic heterocycles. The summed E-state index contributed by atoms with van der Waals surface area (Å²) >= 11 is 4.45. The van der Waals surface area contributed by atoms with Crippen molar-refractivity contribution >= 4 is 12.6 Å². The van der Waals surface area contributed by atoms with Gasteiger partial charge in [-0.3, -0.25) is 0 Å². The van der Waals surface area contributed by atoms with Crippen molar-refractivity contribution in [1.82, 2.24) is 0 Å². The largest absolute Gasteiger partial charge is 0.179 e. The van der Waals surface area contributed by atoms with Gasteiger partial charge in [0.05, 0.1) is 0 Å². The molecule has 0 nitrogen and oxygen atoms in total. The van der Waals surface area contributed by atoms with E-state index in [-0.39, 0.29) is 0 Å². The van der Waals surface area contributed by atoms with Crippen molar-refractivity contribution in [2.45, 2.75) is 61.3 Å². The van der Waals surface area contributed by atoms with Gasteiger partial charge >= 0.3 is 0 Å². The van der Waals surface area contributed by atoms with Crippen molar-refractivity contribution in [2.75, 3.05) is 5.75 Å². The third-order valence-electron chi connectivity index (χ3n) is 3.29. The normalized spacial score (nSPS) is 17.6. The fourth-order valence-electron chi connectivity index (χ4n) is 2.29. The van der Waals surface area contributed by atoms with Gasteiger partial charge in [-0.05, 0) is 41.3 Å². The van der Waals surface area contributed by atoms with Gasteiger partial charge in [-0.25, -0.2) is 0 Å². The third kappa shape index (κ3) is 6.50. The van der Waals surface area contributed by atoms with Crippen molar-refractivity contribution in [3.8, 4) is 0 Å². The molecule has 2 unspecified atom stereocenters. The van der Waals surface area contributed by atoms with Gasteiger partial charge in [0.25, 0.3) is 0 Å². The van der Waals surface area contributed by atoms with Crippen LogP contribution in [0.4, 0.5) is 0 Å². The van der Waals surface area contributed by atoms with E-state index in [1.165, 1.54) is 12.8 Å². The second-order valence-electron chi connectivity index (χ2n) is 7.23. The molecular formula is C14H30S. The van der Waals surface area contributed by atoms with E-state index < -0.39 is 0 Å². The Morgan fingerprint density at radius 2 is 1.47 bits per heavy atom. The summed E-state index contributed by atoms with van der Waals surface area (Å²) in [6.07, 6.45) is 2.64. The Balaban J connectivity index is 4.40. The SMILES string of the molecule is CC(CS)C(CCC(C)(C)C)C(C)(C)C. The first-order chi connectivity index (χ1) is 6.58. The minimum Gasteiger partial charge on any atom is -0.179 e. The van der Waals surface area contributed by atoms with Crippen LogP contribution in [0.25, 0.3) is 0 Å². The quantitative estimate of drug-likeness (QED) is 0.643. The molecule has 0 bridgehead atoms. The zero-order valence-corrected chi connectivity index (χ0v) is 12.6. The van der Waals surface area contributed by atoms with E-state index in [2.05, 4.69) is 61.1 Å². The summed E-state index contributed by atoms with van der Waals surface area (Å²) in [6.45, 7) is 16.4. The van der Waals surface area contributed by atoms with Gasteiger partial charge in [0.2, 0.25) is 0 Å². The molecule has 0 spiro atoms. The van der Waals surface area contributed by atoms with E-state index in [1.807, 2.05) is 0 Å². The molecule has 0 aliphatic carbocycles. The third-order valence-corrected chi connectivity index (χ3v) is 3.87. The zero-order chi connectivity index (χ0) is 12.3. The van der Waals surface area contributed by atoms with E-state index in [4.69, 9.17) is 0 Å². The molecule has 0 fully saturated rings. The van der Waals surface area contributed by atoms with Crippen LogP contribution in [0.2, 0.25) is 0 Å². The summed E-state index contributed by atoms with van der Waals surface area (Å²) in [7, 11) is 0. The molecule has 92 valence electrons. The maximum Gasteiger partial charge on any atom is -0.00693 e. The lowest BCUT2D eigenvalue weighted by molar-refractivity contribution is 0.148. The molecular weight excluding hydrogens is 200 g/mol. The highest BCUT2D eigenvalue weighted by atomic mass is 32.1. The van der Waals surface area contributed by atoms with Gasteiger partial charge in [-0.1, -0.05) is 48.5 Å². The van der Waals surface area contributed by atoms with Crippen molar-refractivity contribution in [3.63, 3.8) is 0 Å². The van der Waals surface area contributed by atoms with Crippen LogP contribution in [-0.4, -0.2) is 5.75 Å². The average Bonchev–Trinajstić information content (AvgIpc) is 1.99. The van der Waals surface area contributed by atoms with E-state index in [1.54, 1.807) is 0 Å². The minimum absolute atomic E-state index is 0.410. The number of hydrogen-bond acceptors (Lipinski definition) is 1. The van der Waals surface area contributed by atoms with Gasteiger partial charge in [-0.15, -0.1) is 0 Å². The van der Waals surface area contributed by atoms with Crippen LogP contribution in [0.15, 0.2) is 0 Å². The molecule has 0 saturated heterocycles. The number of hydrogen-bond donors (Lipinski definition) is 1. The van der Waals surface area contributed by atoms with Crippen LogP contribution in [0.3, 0.4) is 0 Å². The second-order valence-corrected chi connectivity index (χ2v) is 7.60. The predicted octanol–water partition coefficient (Wildman–Crippen LogP) is 5.04. The van der Waals surface area contributed by atoms with Gasteiger partial charge in [-0.2, -0.15) is 12.6 Å². The topological polar surface area (TPSA) is 0 Å². The molecule has 0 rings (SSSR count). The van der Waals surface area contributed by atoms with Gasteiger partial charge in [0.15, 0.2) is 0 Å². The Labute approximate surface area is 103 Å². The Kier molecular flexibility index (Phi) is 5.74. The average molecular weight is 230 g/mol. The van der Waals surface area contributed by atoms with Crippen LogP contribution in [0, 0.1) is 22.7 Å². The van der Waals surface area contributed by atoms with E-state index in [9.17, 15) is 0 Å². The minimum atomic E-state index is 0.410. The summed E-state index contributed by atoms with van der Waals surface area (Å²) in [4.78, 5) is 0. The molecule has 15 heavy (non-hydrogen) atoms. The fraction of sp³-hybridized carbons (Fsp3) is 1.00. The van der Waals surface area contributed by atoms with Crippen LogP contribution in [-0.2, 0) is 0 Å². The van der Waals surface area contributed by atoms with Crippen LogP contribution in [0.1, 0.15) is 61.3 Å². The molecule has 0 aromatic carbocycles. The monoisotopic (exact) mass is 230 g/mol. The predicted molar refractivity (Wildman–Crippen MR) is 74.7 cm³/mol. The molecule has 0 heterocycles. The van der Waals surface area contributed by atoms with Gasteiger partial charge in [0.1, 0.15) is 0 Å². The Hall–Kier alpha value is 0.350. The Morgan fingerprint density at radius 3 is 1.73 bits per heavy atom. The highest BCUT2D eigenvalue weighted by Gasteiger charge is 2.29. The van der Waals surface area contributed by atoms with E-state index >= 15 is 0 Å². The maximum absolute atomic E-state index is 4.45. The molecule has 0 radical (unpaired) electrons. The van der Waals surface area contributed by atoms with Crippen molar-refractivity contribution in [1.29, 1.82) is 0 Å². The fourth-order valence-corrected chi connectivity index (χ4v) is 2.54. The molecule has 2 atom stereocenters. The lowest BCUT2D eigenvalue weighted by Crippen LogP contribution is -2.29. The molecule has 0 amide bonds. The van der Waals surface area contributed by atoms with Crippen LogP contribution >= 0.6 is 12.6 Å². The van der Waals surface area contributed by atoms with Crippen LogP contribution in [0.5, 0.6) is 0 Å². The van der Waals surface area contributed by atoms with Crippen molar-refractivity contribution in [2.24, 2.45) is 22.7 Å². The summed E-state index contributed by atoms with van der Waals surface area (Å²) < 4.78 is 0. The summed E-state index contributed by atoms with van der Waals surface area (Å²) in [5.74, 6) is 2.51. The van der Waals surface area contributed by atoms with Gasteiger partial charge < -0.3 is 0 Å². The molecule has 0 aromatic rings. The Bertz CT molecular complexity index is 171. The first kappa shape index (κ1) is 15.3. The number of rotatable bonds is 4. The molecule has 0 aliphatic heterocycles. The highest BCUT2D eigenvalue weighted by Crippen LogP contribution is 2.38. The summed E-state index contributed by atoms with van der Waals surface area (Å²) in [6, 6.07) is 0. The number of thiol groups is 1. The summed E-state index contributed by atoms with van der Waals surface area (Å²) in [5, 5.41) is 0. The van der Waals surface area contributed by atoms with Crippen molar-refractivity contribution < 1.29 is 0 Å².